The molecule has 1 N–H and O–H groups in total. The fraction of sp³-hybridized carbons (Fsp3) is 0.250. The fourth-order valence-electron chi connectivity index (χ4n) is 2.07. The van der Waals surface area contributed by atoms with Crippen LogP contribution in [0.5, 0.6) is 5.75 Å². The van der Waals surface area contributed by atoms with Gasteiger partial charge < -0.3 is 9.47 Å². The third-order valence-electron chi connectivity index (χ3n) is 3.20. The maximum atomic E-state index is 12.3. The van der Waals surface area contributed by atoms with Crippen LogP contribution >= 0.6 is 11.6 Å². The molecule has 0 aliphatic rings. The summed E-state index contributed by atoms with van der Waals surface area (Å²) >= 11 is 5.98. The molecule has 0 unspecified atom stereocenters. The van der Waals surface area contributed by atoms with Gasteiger partial charge in [0.15, 0.2) is 0 Å². The third-order valence-corrected chi connectivity index (χ3v) is 4.90. The Morgan fingerprint density at radius 3 is 2.48 bits per heavy atom. The third kappa shape index (κ3) is 4.68. The lowest BCUT2D eigenvalue weighted by Gasteiger charge is -2.10. The molecule has 0 radical (unpaired) electrons. The average Bonchev–Trinajstić information content (AvgIpc) is 2.54. The molecule has 124 valence electrons. The fourth-order valence-corrected chi connectivity index (χ4v) is 3.44. The predicted octanol–water partition coefficient (Wildman–Crippen LogP) is 2.97. The van der Waals surface area contributed by atoms with Gasteiger partial charge in [-0.15, -0.1) is 0 Å². The van der Waals surface area contributed by atoms with E-state index >= 15 is 0 Å². The molecule has 0 saturated carbocycles. The Kier molecular flexibility index (Phi) is 6.01. The summed E-state index contributed by atoms with van der Waals surface area (Å²) in [6.45, 7) is 0.665. The van der Waals surface area contributed by atoms with Crippen molar-refractivity contribution in [3.05, 3.63) is 58.6 Å². The van der Waals surface area contributed by atoms with Gasteiger partial charge in [-0.2, -0.15) is 0 Å². The number of benzene rings is 2. The highest BCUT2D eigenvalue weighted by Gasteiger charge is 2.15. The highest BCUT2D eigenvalue weighted by atomic mass is 35.5. The Balaban J connectivity index is 2.12. The molecule has 0 atom stereocenters. The smallest absolute Gasteiger partial charge is 0.240 e. The quantitative estimate of drug-likeness (QED) is 0.829. The van der Waals surface area contributed by atoms with Crippen molar-refractivity contribution >= 4 is 21.6 Å². The SMILES string of the molecule is COCc1cccc(CNS(=O)(=O)c2ccc(OC)c(Cl)c2)c1. The summed E-state index contributed by atoms with van der Waals surface area (Å²) in [5.74, 6) is 0.429. The predicted molar refractivity (Wildman–Crippen MR) is 89.2 cm³/mol. The highest BCUT2D eigenvalue weighted by Crippen LogP contribution is 2.26. The summed E-state index contributed by atoms with van der Waals surface area (Å²) in [7, 11) is -0.566. The standard InChI is InChI=1S/C16H18ClNO4S/c1-21-11-13-5-3-4-12(8-13)10-18-23(19,20)14-6-7-16(22-2)15(17)9-14/h3-9,18H,10-11H2,1-2H3. The van der Waals surface area contributed by atoms with Crippen molar-refractivity contribution in [2.24, 2.45) is 0 Å². The van der Waals surface area contributed by atoms with E-state index < -0.39 is 10.0 Å². The van der Waals surface area contributed by atoms with Crippen LogP contribution in [0.15, 0.2) is 47.4 Å². The second kappa shape index (κ2) is 7.79. The monoisotopic (exact) mass is 355 g/mol. The number of methoxy groups -OCH3 is 2. The molecule has 0 fully saturated rings. The van der Waals surface area contributed by atoms with E-state index in [1.807, 2.05) is 24.3 Å². The molecule has 5 nitrogen and oxygen atoms in total. The van der Waals surface area contributed by atoms with Gasteiger partial charge in [-0.3, -0.25) is 0 Å². The second-order valence-electron chi connectivity index (χ2n) is 4.87. The molecule has 0 spiro atoms. The van der Waals surface area contributed by atoms with Crippen LogP contribution in [0, 0.1) is 0 Å². The number of ether oxygens (including phenoxy) is 2. The van der Waals surface area contributed by atoms with Crippen molar-refractivity contribution in [3.63, 3.8) is 0 Å². The highest BCUT2D eigenvalue weighted by molar-refractivity contribution is 7.89. The Bertz CT molecular complexity index is 777. The van der Waals surface area contributed by atoms with Gasteiger partial charge >= 0.3 is 0 Å². The first kappa shape index (κ1) is 17.7. The lowest BCUT2D eigenvalue weighted by Crippen LogP contribution is -2.23. The van der Waals surface area contributed by atoms with Crippen LogP contribution in [0.3, 0.4) is 0 Å². The van der Waals surface area contributed by atoms with Gasteiger partial charge in [-0.05, 0) is 29.3 Å². The van der Waals surface area contributed by atoms with Gasteiger partial charge in [0.2, 0.25) is 10.0 Å². The molecule has 23 heavy (non-hydrogen) atoms. The summed E-state index contributed by atoms with van der Waals surface area (Å²) in [6, 6.07) is 11.9. The molecule has 2 aromatic carbocycles. The van der Waals surface area contributed by atoms with E-state index in [1.54, 1.807) is 7.11 Å². The molecule has 2 aromatic rings. The van der Waals surface area contributed by atoms with Crippen molar-refractivity contribution in [3.8, 4) is 5.75 Å². The zero-order valence-electron chi connectivity index (χ0n) is 12.9. The molecule has 0 aromatic heterocycles. The van der Waals surface area contributed by atoms with Gasteiger partial charge in [0, 0.05) is 13.7 Å². The Morgan fingerprint density at radius 1 is 1.09 bits per heavy atom. The van der Waals surface area contributed by atoms with E-state index in [-0.39, 0.29) is 16.5 Å². The van der Waals surface area contributed by atoms with E-state index in [0.29, 0.717) is 12.4 Å². The summed E-state index contributed by atoms with van der Waals surface area (Å²) in [5, 5.41) is 0.248. The minimum atomic E-state index is -3.65. The van der Waals surface area contributed by atoms with Gasteiger partial charge in [0.05, 0.1) is 23.6 Å². The average molecular weight is 356 g/mol. The van der Waals surface area contributed by atoms with Crippen molar-refractivity contribution in [1.29, 1.82) is 0 Å². The normalized spacial score (nSPS) is 11.4. The second-order valence-corrected chi connectivity index (χ2v) is 7.05. The Labute approximate surface area is 141 Å². The largest absolute Gasteiger partial charge is 0.495 e. The van der Waals surface area contributed by atoms with Crippen LogP contribution < -0.4 is 9.46 Å². The number of halogens is 1. The maximum absolute atomic E-state index is 12.3. The van der Waals surface area contributed by atoms with Crippen LogP contribution in [0.1, 0.15) is 11.1 Å². The first-order valence-electron chi connectivity index (χ1n) is 6.86. The van der Waals surface area contributed by atoms with Crippen LogP contribution in [-0.4, -0.2) is 22.6 Å². The molecule has 0 amide bonds. The molecule has 0 heterocycles. The Morgan fingerprint density at radius 2 is 1.83 bits per heavy atom. The molecule has 0 bridgehead atoms. The molecule has 7 heteroatoms. The van der Waals surface area contributed by atoms with Gasteiger partial charge in [0.25, 0.3) is 0 Å². The molecule has 0 saturated heterocycles. The lowest BCUT2D eigenvalue weighted by atomic mass is 10.1. The van der Waals surface area contributed by atoms with Crippen LogP contribution in [0.25, 0.3) is 0 Å². The summed E-state index contributed by atoms with van der Waals surface area (Å²) in [5.41, 5.74) is 1.83. The van der Waals surface area contributed by atoms with E-state index in [9.17, 15) is 8.42 Å². The topological polar surface area (TPSA) is 64.6 Å². The van der Waals surface area contributed by atoms with Gasteiger partial charge in [0.1, 0.15) is 5.75 Å². The number of nitrogens with one attached hydrogen (secondary N) is 1. The van der Waals surface area contributed by atoms with E-state index in [2.05, 4.69) is 4.72 Å². The Hall–Kier alpha value is -1.60. The number of hydrogen-bond donors (Lipinski definition) is 1. The molecular weight excluding hydrogens is 338 g/mol. The summed E-state index contributed by atoms with van der Waals surface area (Å²) < 4.78 is 37.3. The maximum Gasteiger partial charge on any atom is 0.240 e. The van der Waals surface area contributed by atoms with E-state index in [0.717, 1.165) is 11.1 Å². The molecular formula is C16H18ClNO4S. The number of sulfonamides is 1. The van der Waals surface area contributed by atoms with Crippen LogP contribution in [0.4, 0.5) is 0 Å². The van der Waals surface area contributed by atoms with E-state index in [1.165, 1.54) is 25.3 Å². The first-order valence-corrected chi connectivity index (χ1v) is 8.72. The summed E-state index contributed by atoms with van der Waals surface area (Å²) in [4.78, 5) is 0.0938. The van der Waals surface area contributed by atoms with Crippen LogP contribution in [-0.2, 0) is 27.9 Å². The molecule has 0 aliphatic carbocycles. The van der Waals surface area contributed by atoms with Gasteiger partial charge in [-0.25, -0.2) is 13.1 Å². The zero-order chi connectivity index (χ0) is 16.9. The minimum absolute atomic E-state index is 0.0938. The minimum Gasteiger partial charge on any atom is -0.495 e. The van der Waals surface area contributed by atoms with Gasteiger partial charge in [-0.1, -0.05) is 35.9 Å². The molecule has 0 aliphatic heterocycles. The summed E-state index contributed by atoms with van der Waals surface area (Å²) in [6.07, 6.45) is 0. The number of hydrogen-bond acceptors (Lipinski definition) is 4. The number of rotatable bonds is 7. The van der Waals surface area contributed by atoms with Crippen molar-refractivity contribution in [1.82, 2.24) is 4.72 Å². The van der Waals surface area contributed by atoms with Crippen molar-refractivity contribution in [2.45, 2.75) is 18.0 Å². The zero-order valence-corrected chi connectivity index (χ0v) is 14.4. The van der Waals surface area contributed by atoms with Crippen LogP contribution in [0.2, 0.25) is 5.02 Å². The van der Waals surface area contributed by atoms with Crippen molar-refractivity contribution in [2.75, 3.05) is 14.2 Å². The molecule has 2 rings (SSSR count). The van der Waals surface area contributed by atoms with Crippen molar-refractivity contribution < 1.29 is 17.9 Å². The lowest BCUT2D eigenvalue weighted by molar-refractivity contribution is 0.185. The first-order chi connectivity index (χ1) is 11.0. The van der Waals surface area contributed by atoms with E-state index in [4.69, 9.17) is 21.1 Å².